The number of aliphatic hydroxyl groups is 1. The minimum absolute atomic E-state index is 0.449. The average Bonchev–Trinajstić information content (AvgIpc) is 2.56. The quantitative estimate of drug-likeness (QED) is 0.688. The Bertz CT molecular complexity index is 196. The molecule has 1 N–H and O–H groups in total. The molecule has 0 aliphatic heterocycles. The third-order valence-electron chi connectivity index (χ3n) is 1.88. The zero-order valence-electron chi connectivity index (χ0n) is 7.36. The van der Waals surface area contributed by atoms with E-state index in [0.29, 0.717) is 5.69 Å². The molecule has 0 aromatic carbocycles. The van der Waals surface area contributed by atoms with Gasteiger partial charge in [-0.2, -0.15) is 0 Å². The van der Waals surface area contributed by atoms with Crippen molar-refractivity contribution < 1.29 is 9.63 Å². The van der Waals surface area contributed by atoms with Crippen molar-refractivity contribution in [1.29, 1.82) is 0 Å². The minimum Gasteiger partial charge on any atom is -0.387 e. The predicted octanol–water partition coefficient (Wildman–Crippen LogP) is 2.29. The highest BCUT2D eigenvalue weighted by molar-refractivity contribution is 4.99. The van der Waals surface area contributed by atoms with E-state index < -0.39 is 6.10 Å². The summed E-state index contributed by atoms with van der Waals surface area (Å²) in [7, 11) is 0. The van der Waals surface area contributed by atoms with Gasteiger partial charge >= 0.3 is 0 Å². The lowest BCUT2D eigenvalue weighted by molar-refractivity contribution is 0.154. The molecule has 3 heteroatoms. The highest BCUT2D eigenvalue weighted by Crippen LogP contribution is 2.17. The number of rotatable bonds is 5. The Kier molecular flexibility index (Phi) is 3.80. The summed E-state index contributed by atoms with van der Waals surface area (Å²) in [6.45, 7) is 2.14. The van der Waals surface area contributed by atoms with Crippen LogP contribution in [0.2, 0.25) is 0 Å². The van der Waals surface area contributed by atoms with Crippen LogP contribution in [0.3, 0.4) is 0 Å². The van der Waals surface area contributed by atoms with Gasteiger partial charge in [0.1, 0.15) is 12.0 Å². The van der Waals surface area contributed by atoms with Crippen LogP contribution in [0.4, 0.5) is 0 Å². The maximum absolute atomic E-state index is 9.51. The molecule has 1 rings (SSSR count). The zero-order chi connectivity index (χ0) is 8.81. The van der Waals surface area contributed by atoms with Crippen molar-refractivity contribution in [2.24, 2.45) is 0 Å². The van der Waals surface area contributed by atoms with Crippen LogP contribution in [0.1, 0.15) is 44.4 Å². The van der Waals surface area contributed by atoms with Crippen molar-refractivity contribution in [3.63, 3.8) is 0 Å². The molecule has 1 atom stereocenters. The van der Waals surface area contributed by atoms with Gasteiger partial charge in [-0.15, -0.1) is 0 Å². The van der Waals surface area contributed by atoms with E-state index in [-0.39, 0.29) is 0 Å². The fraction of sp³-hybridized carbons (Fsp3) is 0.667. The molecule has 68 valence electrons. The SMILES string of the molecule is CCCCCC(O)c1ccon1. The van der Waals surface area contributed by atoms with Crippen LogP contribution in [0, 0.1) is 0 Å². The molecule has 0 aliphatic rings. The fourth-order valence-corrected chi connectivity index (χ4v) is 1.13. The van der Waals surface area contributed by atoms with Crippen molar-refractivity contribution >= 4 is 0 Å². The van der Waals surface area contributed by atoms with Gasteiger partial charge in [0.05, 0.1) is 6.10 Å². The Morgan fingerprint density at radius 2 is 2.42 bits per heavy atom. The van der Waals surface area contributed by atoms with Crippen LogP contribution in [-0.4, -0.2) is 10.3 Å². The number of aliphatic hydroxyl groups excluding tert-OH is 1. The van der Waals surface area contributed by atoms with Crippen molar-refractivity contribution in [3.05, 3.63) is 18.0 Å². The van der Waals surface area contributed by atoms with Gasteiger partial charge in [0.25, 0.3) is 0 Å². The Balaban J connectivity index is 2.25. The van der Waals surface area contributed by atoms with E-state index in [2.05, 4.69) is 16.6 Å². The van der Waals surface area contributed by atoms with Gasteiger partial charge in [0.2, 0.25) is 0 Å². The third kappa shape index (κ3) is 2.66. The second kappa shape index (κ2) is 4.93. The van der Waals surface area contributed by atoms with Gasteiger partial charge in [-0.3, -0.25) is 0 Å². The molecule has 1 aromatic rings. The summed E-state index contributed by atoms with van der Waals surface area (Å²) in [5, 5.41) is 13.2. The first-order chi connectivity index (χ1) is 5.84. The minimum atomic E-state index is -0.449. The Hall–Kier alpha value is -0.830. The predicted molar refractivity (Wildman–Crippen MR) is 45.6 cm³/mol. The number of hydrogen-bond acceptors (Lipinski definition) is 3. The average molecular weight is 169 g/mol. The summed E-state index contributed by atoms with van der Waals surface area (Å²) in [6.07, 6.45) is 5.19. The van der Waals surface area contributed by atoms with Gasteiger partial charge in [-0.05, 0) is 6.42 Å². The van der Waals surface area contributed by atoms with E-state index >= 15 is 0 Å². The summed E-state index contributed by atoms with van der Waals surface area (Å²) in [5.41, 5.74) is 0.645. The highest BCUT2D eigenvalue weighted by Gasteiger charge is 2.08. The molecule has 0 spiro atoms. The number of unbranched alkanes of at least 4 members (excludes halogenated alkanes) is 2. The fourth-order valence-electron chi connectivity index (χ4n) is 1.13. The van der Waals surface area contributed by atoms with E-state index in [9.17, 15) is 5.11 Å². The van der Waals surface area contributed by atoms with Crippen molar-refractivity contribution in [2.75, 3.05) is 0 Å². The molecule has 1 aromatic heterocycles. The van der Waals surface area contributed by atoms with Crippen molar-refractivity contribution in [2.45, 2.75) is 38.7 Å². The lowest BCUT2D eigenvalue weighted by atomic mass is 10.1. The molecule has 0 saturated carbocycles. The number of nitrogens with zero attached hydrogens (tertiary/aromatic N) is 1. The maximum Gasteiger partial charge on any atom is 0.124 e. The summed E-state index contributed by atoms with van der Waals surface area (Å²) in [6, 6.07) is 1.70. The summed E-state index contributed by atoms with van der Waals surface area (Å²) >= 11 is 0. The largest absolute Gasteiger partial charge is 0.387 e. The van der Waals surface area contributed by atoms with E-state index in [1.807, 2.05) is 0 Å². The van der Waals surface area contributed by atoms with Crippen LogP contribution in [-0.2, 0) is 0 Å². The maximum atomic E-state index is 9.51. The Morgan fingerprint density at radius 1 is 1.58 bits per heavy atom. The Labute approximate surface area is 72.4 Å². The molecule has 12 heavy (non-hydrogen) atoms. The molecule has 1 unspecified atom stereocenters. The van der Waals surface area contributed by atoms with Gasteiger partial charge in [-0.25, -0.2) is 0 Å². The summed E-state index contributed by atoms with van der Waals surface area (Å²) < 4.78 is 4.63. The van der Waals surface area contributed by atoms with Crippen molar-refractivity contribution in [3.8, 4) is 0 Å². The highest BCUT2D eigenvalue weighted by atomic mass is 16.5. The van der Waals surface area contributed by atoms with Gasteiger partial charge in [0.15, 0.2) is 0 Å². The molecule has 0 saturated heterocycles. The standard InChI is InChI=1S/C9H15NO2/c1-2-3-4-5-9(11)8-6-7-12-10-8/h6-7,9,11H,2-5H2,1H3. The van der Waals surface area contributed by atoms with Gasteiger partial charge in [0, 0.05) is 6.07 Å². The second-order valence-corrected chi connectivity index (χ2v) is 2.94. The molecule has 0 aliphatic carbocycles. The molecular weight excluding hydrogens is 154 g/mol. The van der Waals surface area contributed by atoms with E-state index in [0.717, 1.165) is 19.3 Å². The first kappa shape index (κ1) is 9.26. The van der Waals surface area contributed by atoms with Crippen LogP contribution < -0.4 is 0 Å². The Morgan fingerprint density at radius 3 is 3.00 bits per heavy atom. The smallest absolute Gasteiger partial charge is 0.124 e. The van der Waals surface area contributed by atoms with Crippen LogP contribution >= 0.6 is 0 Å². The van der Waals surface area contributed by atoms with Crippen LogP contribution in [0.25, 0.3) is 0 Å². The van der Waals surface area contributed by atoms with E-state index in [4.69, 9.17) is 0 Å². The topological polar surface area (TPSA) is 46.3 Å². The molecule has 1 heterocycles. The molecule has 0 bridgehead atoms. The molecule has 0 fully saturated rings. The summed E-state index contributed by atoms with van der Waals surface area (Å²) in [4.78, 5) is 0. The van der Waals surface area contributed by atoms with E-state index in [1.165, 1.54) is 12.7 Å². The third-order valence-corrected chi connectivity index (χ3v) is 1.88. The monoisotopic (exact) mass is 169 g/mol. The van der Waals surface area contributed by atoms with Crippen molar-refractivity contribution in [1.82, 2.24) is 5.16 Å². The van der Waals surface area contributed by atoms with E-state index in [1.54, 1.807) is 6.07 Å². The number of aromatic nitrogens is 1. The lowest BCUT2D eigenvalue weighted by Gasteiger charge is -2.04. The normalized spacial score (nSPS) is 13.2. The van der Waals surface area contributed by atoms with Gasteiger partial charge in [-0.1, -0.05) is 31.3 Å². The molecule has 0 amide bonds. The molecule has 0 radical (unpaired) electrons. The van der Waals surface area contributed by atoms with Crippen LogP contribution in [0.15, 0.2) is 16.9 Å². The van der Waals surface area contributed by atoms with Crippen LogP contribution in [0.5, 0.6) is 0 Å². The number of hydrogen-bond donors (Lipinski definition) is 1. The first-order valence-electron chi connectivity index (χ1n) is 4.43. The molecular formula is C9H15NO2. The lowest BCUT2D eigenvalue weighted by Crippen LogP contribution is -1.97. The second-order valence-electron chi connectivity index (χ2n) is 2.94. The van der Waals surface area contributed by atoms with Gasteiger partial charge < -0.3 is 9.63 Å². The summed E-state index contributed by atoms with van der Waals surface area (Å²) in [5.74, 6) is 0. The first-order valence-corrected chi connectivity index (χ1v) is 4.43. The molecule has 3 nitrogen and oxygen atoms in total. The zero-order valence-corrected chi connectivity index (χ0v) is 7.36.